The number of nitrogens with one attached hydrogen (secondary N) is 1. The predicted octanol–water partition coefficient (Wildman–Crippen LogP) is 2.03. The summed E-state index contributed by atoms with van der Waals surface area (Å²) >= 11 is 0. The molecule has 0 radical (unpaired) electrons. The van der Waals surface area contributed by atoms with Gasteiger partial charge in [0.1, 0.15) is 5.75 Å². The number of rotatable bonds is 7. The van der Waals surface area contributed by atoms with E-state index in [4.69, 9.17) is 4.74 Å². The SMILES string of the molecule is CN=C(NCCCCn1ccccc1=O)N1CCN(c2cccc(OC)c2)CC1. The van der Waals surface area contributed by atoms with Crippen LogP contribution in [-0.4, -0.2) is 62.3 Å². The summed E-state index contributed by atoms with van der Waals surface area (Å²) in [5.74, 6) is 1.84. The van der Waals surface area contributed by atoms with E-state index in [9.17, 15) is 4.79 Å². The lowest BCUT2D eigenvalue weighted by Crippen LogP contribution is -2.52. The van der Waals surface area contributed by atoms with Crippen molar-refractivity contribution < 1.29 is 4.74 Å². The molecule has 1 saturated heterocycles. The number of unbranched alkanes of at least 4 members (excludes halogenated alkanes) is 1. The van der Waals surface area contributed by atoms with E-state index in [1.54, 1.807) is 23.8 Å². The van der Waals surface area contributed by atoms with E-state index in [1.165, 1.54) is 5.69 Å². The number of hydrogen-bond donors (Lipinski definition) is 1. The molecule has 3 rings (SSSR count). The Hall–Kier alpha value is -2.96. The highest BCUT2D eigenvalue weighted by Crippen LogP contribution is 2.22. The lowest BCUT2D eigenvalue weighted by molar-refractivity contribution is 0.371. The first-order valence-electron chi connectivity index (χ1n) is 10.2. The normalized spacial score (nSPS) is 14.8. The summed E-state index contributed by atoms with van der Waals surface area (Å²) in [6, 6.07) is 13.5. The van der Waals surface area contributed by atoms with Gasteiger partial charge in [0.25, 0.3) is 0 Å². The second-order valence-electron chi connectivity index (χ2n) is 7.09. The molecule has 0 unspecified atom stereocenters. The van der Waals surface area contributed by atoms with Gasteiger partial charge in [0.15, 0.2) is 5.96 Å². The summed E-state index contributed by atoms with van der Waals surface area (Å²) in [6.07, 6.45) is 3.79. The molecule has 2 aromatic rings. The van der Waals surface area contributed by atoms with Crippen LogP contribution < -0.4 is 20.5 Å². The van der Waals surface area contributed by atoms with Gasteiger partial charge >= 0.3 is 0 Å². The first-order chi connectivity index (χ1) is 14.2. The summed E-state index contributed by atoms with van der Waals surface area (Å²) in [6.45, 7) is 5.35. The number of guanidine groups is 1. The molecule has 1 aliphatic heterocycles. The molecule has 156 valence electrons. The second-order valence-corrected chi connectivity index (χ2v) is 7.09. The number of hydrogen-bond acceptors (Lipinski definition) is 4. The van der Waals surface area contributed by atoms with Gasteiger partial charge in [-0.3, -0.25) is 9.79 Å². The van der Waals surface area contributed by atoms with Crippen LogP contribution in [0.4, 0.5) is 5.69 Å². The molecule has 1 N–H and O–H groups in total. The summed E-state index contributed by atoms with van der Waals surface area (Å²) < 4.78 is 7.09. The van der Waals surface area contributed by atoms with E-state index < -0.39 is 0 Å². The van der Waals surface area contributed by atoms with Crippen molar-refractivity contribution in [1.29, 1.82) is 0 Å². The Morgan fingerprint density at radius 1 is 1.10 bits per heavy atom. The van der Waals surface area contributed by atoms with E-state index in [2.05, 4.69) is 32.2 Å². The number of ether oxygens (including phenoxy) is 1. The van der Waals surface area contributed by atoms with Crippen molar-refractivity contribution in [1.82, 2.24) is 14.8 Å². The molecule has 1 aliphatic rings. The fraction of sp³-hybridized carbons (Fsp3) is 0.455. The van der Waals surface area contributed by atoms with E-state index in [0.717, 1.165) is 63.8 Å². The maximum Gasteiger partial charge on any atom is 0.250 e. The molecule has 7 heteroatoms. The van der Waals surface area contributed by atoms with Gasteiger partial charge in [-0.15, -0.1) is 0 Å². The van der Waals surface area contributed by atoms with Crippen LogP contribution in [0.2, 0.25) is 0 Å². The van der Waals surface area contributed by atoms with Crippen LogP contribution in [0.5, 0.6) is 5.75 Å². The van der Waals surface area contributed by atoms with Gasteiger partial charge in [0, 0.05) is 70.3 Å². The van der Waals surface area contributed by atoms with Gasteiger partial charge in [-0.05, 0) is 31.0 Å². The van der Waals surface area contributed by atoms with Crippen LogP contribution >= 0.6 is 0 Å². The Labute approximate surface area is 172 Å². The third-order valence-corrected chi connectivity index (χ3v) is 5.22. The summed E-state index contributed by atoms with van der Waals surface area (Å²) in [4.78, 5) is 20.8. The highest BCUT2D eigenvalue weighted by molar-refractivity contribution is 5.80. The summed E-state index contributed by atoms with van der Waals surface area (Å²) in [7, 11) is 3.53. The number of benzene rings is 1. The Morgan fingerprint density at radius 2 is 1.93 bits per heavy atom. The molecule has 0 aliphatic carbocycles. The number of aryl methyl sites for hydroxylation is 1. The van der Waals surface area contributed by atoms with Crippen LogP contribution in [0.25, 0.3) is 0 Å². The monoisotopic (exact) mass is 397 g/mol. The fourth-order valence-corrected chi connectivity index (χ4v) is 3.57. The van der Waals surface area contributed by atoms with Crippen LogP contribution in [0.1, 0.15) is 12.8 Å². The summed E-state index contributed by atoms with van der Waals surface area (Å²) in [5.41, 5.74) is 1.26. The minimum absolute atomic E-state index is 0.0603. The zero-order valence-corrected chi connectivity index (χ0v) is 17.4. The molecule has 7 nitrogen and oxygen atoms in total. The number of aliphatic imine (C=N–C) groups is 1. The molecule has 29 heavy (non-hydrogen) atoms. The van der Waals surface area contributed by atoms with Crippen LogP contribution in [0, 0.1) is 0 Å². The van der Waals surface area contributed by atoms with Gasteiger partial charge < -0.3 is 24.4 Å². The molecule has 0 saturated carbocycles. The number of anilines is 1. The minimum atomic E-state index is 0.0603. The van der Waals surface area contributed by atoms with E-state index >= 15 is 0 Å². The van der Waals surface area contributed by atoms with Crippen molar-refractivity contribution in [2.75, 3.05) is 51.8 Å². The Bertz CT molecular complexity index is 856. The van der Waals surface area contributed by atoms with Crippen molar-refractivity contribution in [2.24, 2.45) is 4.99 Å². The van der Waals surface area contributed by atoms with Crippen molar-refractivity contribution in [3.05, 3.63) is 59.0 Å². The van der Waals surface area contributed by atoms with Gasteiger partial charge in [0.2, 0.25) is 5.56 Å². The molecular formula is C22H31N5O2. The van der Waals surface area contributed by atoms with Crippen molar-refractivity contribution in [3.63, 3.8) is 0 Å². The van der Waals surface area contributed by atoms with Crippen LogP contribution in [0.3, 0.4) is 0 Å². The standard InChI is InChI=1S/C22H31N5O2/c1-23-22(24-11-4-6-13-26-12-5-3-10-21(26)28)27-16-14-25(15-17-27)19-8-7-9-20(18-19)29-2/h3,5,7-10,12,18H,4,6,11,13-17H2,1-2H3,(H,23,24). The zero-order chi connectivity index (χ0) is 20.5. The maximum atomic E-state index is 11.7. The first-order valence-corrected chi connectivity index (χ1v) is 10.2. The average Bonchev–Trinajstić information content (AvgIpc) is 2.77. The largest absolute Gasteiger partial charge is 0.497 e. The average molecular weight is 398 g/mol. The zero-order valence-electron chi connectivity index (χ0n) is 17.4. The van der Waals surface area contributed by atoms with Gasteiger partial charge in [0.05, 0.1) is 7.11 Å². The fourth-order valence-electron chi connectivity index (χ4n) is 3.57. The van der Waals surface area contributed by atoms with E-state index in [1.807, 2.05) is 31.4 Å². The smallest absolute Gasteiger partial charge is 0.250 e. The number of methoxy groups -OCH3 is 1. The van der Waals surface area contributed by atoms with Gasteiger partial charge in [-0.2, -0.15) is 0 Å². The van der Waals surface area contributed by atoms with Crippen molar-refractivity contribution in [2.45, 2.75) is 19.4 Å². The van der Waals surface area contributed by atoms with Gasteiger partial charge in [-0.25, -0.2) is 0 Å². The van der Waals surface area contributed by atoms with E-state index in [0.29, 0.717) is 0 Å². The lowest BCUT2D eigenvalue weighted by atomic mass is 10.2. The van der Waals surface area contributed by atoms with Crippen molar-refractivity contribution in [3.8, 4) is 5.75 Å². The second kappa shape index (κ2) is 10.5. The Balaban J connectivity index is 1.41. The number of pyridine rings is 1. The number of piperazine rings is 1. The lowest BCUT2D eigenvalue weighted by Gasteiger charge is -2.37. The molecule has 0 spiro atoms. The van der Waals surface area contributed by atoms with Gasteiger partial charge in [-0.1, -0.05) is 12.1 Å². The molecule has 1 aromatic carbocycles. The highest BCUT2D eigenvalue weighted by atomic mass is 16.5. The molecule has 0 atom stereocenters. The quantitative estimate of drug-likeness (QED) is 0.440. The third-order valence-electron chi connectivity index (χ3n) is 5.22. The Morgan fingerprint density at radius 3 is 2.66 bits per heavy atom. The molecule has 1 fully saturated rings. The van der Waals surface area contributed by atoms with Crippen LogP contribution in [-0.2, 0) is 6.54 Å². The maximum absolute atomic E-state index is 11.7. The molecule has 0 bridgehead atoms. The number of nitrogens with zero attached hydrogens (tertiary/aromatic N) is 4. The third kappa shape index (κ3) is 5.76. The Kier molecular flexibility index (Phi) is 7.55. The topological polar surface area (TPSA) is 62.1 Å². The number of aromatic nitrogens is 1. The molecular weight excluding hydrogens is 366 g/mol. The highest BCUT2D eigenvalue weighted by Gasteiger charge is 2.19. The molecule has 1 aromatic heterocycles. The van der Waals surface area contributed by atoms with E-state index in [-0.39, 0.29) is 5.56 Å². The first kappa shape index (κ1) is 20.8. The van der Waals surface area contributed by atoms with Crippen molar-refractivity contribution >= 4 is 11.6 Å². The van der Waals surface area contributed by atoms with Crippen LogP contribution in [0.15, 0.2) is 58.4 Å². The molecule has 0 amide bonds. The predicted molar refractivity (Wildman–Crippen MR) is 118 cm³/mol. The minimum Gasteiger partial charge on any atom is -0.497 e. The molecule has 2 heterocycles. The summed E-state index contributed by atoms with van der Waals surface area (Å²) in [5, 5.41) is 3.46.